The molecule has 0 atom stereocenters. The zero-order valence-electron chi connectivity index (χ0n) is 6.46. The average Bonchev–Trinajstić information content (AvgIpc) is 2.03. The Morgan fingerprint density at radius 2 is 2.45 bits per heavy atom. The molecule has 1 aromatic rings. The van der Waals surface area contributed by atoms with Gasteiger partial charge in [0.05, 0.1) is 0 Å². The van der Waals surface area contributed by atoms with Crippen LogP contribution in [0.5, 0.6) is 0 Å². The minimum Gasteiger partial charge on any atom is -0.398 e. The molecule has 1 rings (SSSR count). The minimum absolute atomic E-state index is 0.691. The van der Waals surface area contributed by atoms with Gasteiger partial charge in [0.2, 0.25) is 0 Å². The van der Waals surface area contributed by atoms with Crippen LogP contribution in [0.3, 0.4) is 0 Å². The van der Waals surface area contributed by atoms with Gasteiger partial charge in [-0.15, -0.1) is 5.92 Å². The number of nitrogens with zero attached hydrogens (tertiary/aromatic N) is 1. The number of rotatable bonds is 1. The van der Waals surface area contributed by atoms with Crippen molar-refractivity contribution in [1.82, 2.24) is 4.98 Å². The van der Waals surface area contributed by atoms with Gasteiger partial charge in [0.1, 0.15) is 0 Å². The highest BCUT2D eigenvalue weighted by molar-refractivity contribution is 5.45. The third kappa shape index (κ3) is 1.98. The topological polar surface area (TPSA) is 38.9 Å². The van der Waals surface area contributed by atoms with Crippen LogP contribution in [0, 0.1) is 11.8 Å². The quantitative estimate of drug-likeness (QED) is 0.605. The van der Waals surface area contributed by atoms with Gasteiger partial charge in [-0.2, -0.15) is 0 Å². The number of pyridine rings is 1. The largest absolute Gasteiger partial charge is 0.398 e. The standard InChI is InChI=1S/C9H10N2/c1-2-3-4-8-7-11-6-5-9(8)10/h5-7H,4H2,1H3,(H2,10,11). The maximum absolute atomic E-state index is 5.65. The van der Waals surface area contributed by atoms with E-state index in [4.69, 9.17) is 5.73 Å². The summed E-state index contributed by atoms with van der Waals surface area (Å²) in [7, 11) is 0. The molecule has 11 heavy (non-hydrogen) atoms. The summed E-state index contributed by atoms with van der Waals surface area (Å²) in [5, 5.41) is 0. The van der Waals surface area contributed by atoms with E-state index in [2.05, 4.69) is 16.8 Å². The van der Waals surface area contributed by atoms with Crippen LogP contribution in [0.4, 0.5) is 5.69 Å². The smallest absolute Gasteiger partial charge is 0.0387 e. The van der Waals surface area contributed by atoms with Crippen LogP contribution in [0.1, 0.15) is 12.5 Å². The molecular formula is C9H10N2. The van der Waals surface area contributed by atoms with Crippen molar-refractivity contribution in [1.29, 1.82) is 0 Å². The second-order valence-corrected chi connectivity index (χ2v) is 2.18. The van der Waals surface area contributed by atoms with E-state index in [1.807, 2.05) is 6.92 Å². The molecule has 0 aliphatic carbocycles. The lowest BCUT2D eigenvalue weighted by molar-refractivity contribution is 1.22. The van der Waals surface area contributed by atoms with E-state index >= 15 is 0 Å². The highest BCUT2D eigenvalue weighted by Crippen LogP contribution is 2.07. The van der Waals surface area contributed by atoms with Crippen molar-refractivity contribution in [2.45, 2.75) is 13.3 Å². The zero-order chi connectivity index (χ0) is 8.10. The Morgan fingerprint density at radius 3 is 3.09 bits per heavy atom. The van der Waals surface area contributed by atoms with Crippen molar-refractivity contribution in [3.63, 3.8) is 0 Å². The Morgan fingerprint density at radius 1 is 1.64 bits per heavy atom. The number of nitrogen functional groups attached to an aromatic ring is 1. The first kappa shape index (κ1) is 7.62. The summed E-state index contributed by atoms with van der Waals surface area (Å²) >= 11 is 0. The maximum Gasteiger partial charge on any atom is 0.0387 e. The molecule has 56 valence electrons. The summed E-state index contributed by atoms with van der Waals surface area (Å²) in [6.07, 6.45) is 4.12. The van der Waals surface area contributed by atoms with Crippen LogP contribution < -0.4 is 5.73 Å². The second-order valence-electron chi connectivity index (χ2n) is 2.18. The van der Waals surface area contributed by atoms with Crippen LogP contribution >= 0.6 is 0 Å². The molecule has 0 amide bonds. The van der Waals surface area contributed by atoms with Crippen molar-refractivity contribution in [2.75, 3.05) is 5.73 Å². The fraction of sp³-hybridized carbons (Fsp3) is 0.222. The lowest BCUT2D eigenvalue weighted by atomic mass is 10.2. The van der Waals surface area contributed by atoms with Crippen LogP contribution in [0.15, 0.2) is 18.5 Å². The van der Waals surface area contributed by atoms with Crippen molar-refractivity contribution < 1.29 is 0 Å². The Bertz CT molecular complexity index is 294. The average molecular weight is 146 g/mol. The second kappa shape index (κ2) is 3.62. The zero-order valence-corrected chi connectivity index (χ0v) is 6.46. The first-order valence-corrected chi connectivity index (χ1v) is 3.42. The van der Waals surface area contributed by atoms with Crippen LogP contribution in [-0.2, 0) is 6.42 Å². The van der Waals surface area contributed by atoms with Gasteiger partial charge in [0.15, 0.2) is 0 Å². The third-order valence-electron chi connectivity index (χ3n) is 1.40. The highest BCUT2D eigenvalue weighted by Gasteiger charge is 1.93. The van der Waals surface area contributed by atoms with E-state index in [0.717, 1.165) is 11.3 Å². The summed E-state index contributed by atoms with van der Waals surface area (Å²) in [6, 6.07) is 1.78. The van der Waals surface area contributed by atoms with Gasteiger partial charge in [-0.1, -0.05) is 5.92 Å². The lowest BCUT2D eigenvalue weighted by Gasteiger charge is -1.97. The highest BCUT2D eigenvalue weighted by atomic mass is 14.7. The molecule has 2 N–H and O–H groups in total. The van der Waals surface area contributed by atoms with E-state index in [0.29, 0.717) is 6.42 Å². The van der Waals surface area contributed by atoms with Crippen molar-refractivity contribution in [3.8, 4) is 11.8 Å². The summed E-state index contributed by atoms with van der Waals surface area (Å²) in [4.78, 5) is 3.95. The van der Waals surface area contributed by atoms with Crippen LogP contribution in [0.25, 0.3) is 0 Å². The lowest BCUT2D eigenvalue weighted by Crippen LogP contribution is -1.93. The number of hydrogen-bond acceptors (Lipinski definition) is 2. The van der Waals surface area contributed by atoms with Crippen LogP contribution in [-0.4, -0.2) is 4.98 Å². The molecule has 1 aromatic heterocycles. The van der Waals surface area contributed by atoms with Gasteiger partial charge < -0.3 is 5.73 Å². The van der Waals surface area contributed by atoms with E-state index in [9.17, 15) is 0 Å². The molecule has 2 nitrogen and oxygen atoms in total. The molecule has 0 aliphatic heterocycles. The van der Waals surface area contributed by atoms with Crippen molar-refractivity contribution in [2.24, 2.45) is 0 Å². The molecule has 0 bridgehead atoms. The summed E-state index contributed by atoms with van der Waals surface area (Å²) in [5.74, 6) is 5.75. The first-order chi connectivity index (χ1) is 5.34. The van der Waals surface area contributed by atoms with E-state index in [-0.39, 0.29) is 0 Å². The molecule has 0 aliphatic rings. The van der Waals surface area contributed by atoms with Gasteiger partial charge in [0, 0.05) is 30.1 Å². The molecule has 0 spiro atoms. The molecule has 0 saturated carbocycles. The number of hydrogen-bond donors (Lipinski definition) is 1. The van der Waals surface area contributed by atoms with Crippen molar-refractivity contribution >= 4 is 5.69 Å². The predicted octanol–water partition coefficient (Wildman–Crippen LogP) is 1.23. The van der Waals surface area contributed by atoms with Gasteiger partial charge in [-0.3, -0.25) is 4.98 Å². The molecular weight excluding hydrogens is 136 g/mol. The molecule has 0 radical (unpaired) electrons. The Labute approximate surface area is 66.4 Å². The molecule has 0 aromatic carbocycles. The number of nitrogens with two attached hydrogens (primary N) is 1. The molecule has 0 fully saturated rings. The van der Waals surface area contributed by atoms with E-state index < -0.39 is 0 Å². The number of aromatic nitrogens is 1. The van der Waals surface area contributed by atoms with Crippen molar-refractivity contribution in [3.05, 3.63) is 24.0 Å². The number of anilines is 1. The van der Waals surface area contributed by atoms with Gasteiger partial charge >= 0.3 is 0 Å². The normalized spacial score (nSPS) is 8.45. The summed E-state index contributed by atoms with van der Waals surface area (Å²) in [5.41, 5.74) is 7.42. The Balaban J connectivity index is 2.83. The predicted molar refractivity (Wildman–Crippen MR) is 45.8 cm³/mol. The Kier molecular flexibility index (Phi) is 2.51. The SMILES string of the molecule is CC#CCc1cnccc1N. The Hall–Kier alpha value is -1.49. The third-order valence-corrected chi connectivity index (χ3v) is 1.40. The van der Waals surface area contributed by atoms with E-state index in [1.165, 1.54) is 0 Å². The van der Waals surface area contributed by atoms with Gasteiger partial charge in [-0.05, 0) is 13.0 Å². The minimum atomic E-state index is 0.691. The fourth-order valence-electron chi connectivity index (χ4n) is 0.769. The summed E-state index contributed by atoms with van der Waals surface area (Å²) < 4.78 is 0. The molecule has 1 heterocycles. The monoisotopic (exact) mass is 146 g/mol. The fourth-order valence-corrected chi connectivity index (χ4v) is 0.769. The van der Waals surface area contributed by atoms with Crippen LogP contribution in [0.2, 0.25) is 0 Å². The van der Waals surface area contributed by atoms with E-state index in [1.54, 1.807) is 18.5 Å². The molecule has 0 unspecified atom stereocenters. The van der Waals surface area contributed by atoms with Gasteiger partial charge in [0.25, 0.3) is 0 Å². The van der Waals surface area contributed by atoms with Gasteiger partial charge in [-0.25, -0.2) is 0 Å². The maximum atomic E-state index is 5.65. The molecule has 2 heteroatoms. The first-order valence-electron chi connectivity index (χ1n) is 3.42. The molecule has 0 saturated heterocycles. The summed E-state index contributed by atoms with van der Waals surface area (Å²) in [6.45, 7) is 1.81.